The molecule has 6 nitrogen and oxygen atoms in total. The van der Waals surface area contributed by atoms with Gasteiger partial charge in [-0.3, -0.25) is 4.79 Å². The number of rotatable bonds is 4. The van der Waals surface area contributed by atoms with Gasteiger partial charge in [0.2, 0.25) is 5.78 Å². The molecule has 0 spiro atoms. The zero-order valence-electron chi connectivity index (χ0n) is 16.2. The first-order valence-electron chi connectivity index (χ1n) is 9.43. The van der Waals surface area contributed by atoms with Crippen LogP contribution >= 0.6 is 11.6 Å². The van der Waals surface area contributed by atoms with E-state index in [9.17, 15) is 27.9 Å². The fourth-order valence-electron chi connectivity index (χ4n) is 3.78. The first kappa shape index (κ1) is 21.9. The Bertz CT molecular complexity index is 1170. The lowest BCUT2D eigenvalue weighted by Crippen LogP contribution is -2.66. The second-order valence-corrected chi connectivity index (χ2v) is 7.64. The molecule has 2 heterocycles. The zero-order valence-corrected chi connectivity index (χ0v) is 16.9. The first-order chi connectivity index (χ1) is 15.1. The van der Waals surface area contributed by atoms with Crippen molar-refractivity contribution in [2.45, 2.75) is 17.9 Å². The molecule has 0 radical (unpaired) electrons. The maximum absolute atomic E-state index is 13.6. The van der Waals surface area contributed by atoms with Crippen molar-refractivity contribution in [3.05, 3.63) is 83.1 Å². The van der Waals surface area contributed by atoms with Gasteiger partial charge < -0.3 is 20.2 Å². The number of amides is 2. The Labute approximate surface area is 185 Å². The van der Waals surface area contributed by atoms with E-state index in [1.54, 1.807) is 30.3 Å². The van der Waals surface area contributed by atoms with Crippen LogP contribution in [0.3, 0.4) is 0 Å². The monoisotopic (exact) mass is 464 g/mol. The van der Waals surface area contributed by atoms with Crippen LogP contribution in [-0.2, 0) is 10.5 Å². The second-order valence-electron chi connectivity index (χ2n) is 7.23. The Balaban J connectivity index is 1.84. The predicted octanol–water partition coefficient (Wildman–Crippen LogP) is 4.55. The summed E-state index contributed by atoms with van der Waals surface area (Å²) in [6.07, 6.45) is -5.28. The molecule has 0 saturated carbocycles. The lowest BCUT2D eigenvalue weighted by molar-refractivity contribution is -0.190. The molecule has 0 aliphatic carbocycles. The maximum atomic E-state index is 13.6. The van der Waals surface area contributed by atoms with Gasteiger partial charge in [-0.15, -0.1) is 0 Å². The highest BCUT2D eigenvalue weighted by molar-refractivity contribution is 6.33. The van der Waals surface area contributed by atoms with Crippen molar-refractivity contribution in [3.8, 4) is 11.3 Å². The summed E-state index contributed by atoms with van der Waals surface area (Å²) in [5.41, 5.74) is -2.25. The van der Waals surface area contributed by atoms with Gasteiger partial charge in [0.1, 0.15) is 23.5 Å². The van der Waals surface area contributed by atoms with Gasteiger partial charge >= 0.3 is 12.2 Å². The van der Waals surface area contributed by atoms with Crippen molar-refractivity contribution in [2.75, 3.05) is 0 Å². The molecule has 2 amide bonds. The van der Waals surface area contributed by atoms with Gasteiger partial charge in [0, 0.05) is 11.1 Å². The lowest BCUT2D eigenvalue weighted by atomic mass is 9.77. The third kappa shape index (κ3) is 3.85. The summed E-state index contributed by atoms with van der Waals surface area (Å²) in [5.74, 6) is -4.32. The van der Waals surface area contributed by atoms with Gasteiger partial charge in [0.25, 0.3) is 0 Å². The fourth-order valence-corrected chi connectivity index (χ4v) is 4.00. The normalized spacial score (nSPS) is 23.3. The minimum Gasteiger partial charge on any atom is -0.459 e. The van der Waals surface area contributed by atoms with Crippen molar-refractivity contribution in [3.63, 3.8) is 0 Å². The molecule has 4 rings (SSSR count). The van der Waals surface area contributed by atoms with Gasteiger partial charge in [-0.25, -0.2) is 4.79 Å². The Morgan fingerprint density at radius 2 is 1.69 bits per heavy atom. The molecule has 166 valence electrons. The summed E-state index contributed by atoms with van der Waals surface area (Å²) in [6.45, 7) is 0. The Morgan fingerprint density at radius 3 is 2.34 bits per heavy atom. The highest BCUT2D eigenvalue weighted by Gasteiger charge is 2.60. The van der Waals surface area contributed by atoms with Gasteiger partial charge in [-0.2, -0.15) is 13.2 Å². The standard InChI is InChI=1S/C22H16ClF3N2O4/c23-14-9-5-4-8-13(14)15-10-11-16(32-15)18-17(19(29)22(24,25)26)21(31,28-20(30)27-18)12-6-2-1-3-7-12/h1-11,17-18,31H,(H2,27,28,30)/t17-,18-,21+/m1/s1. The number of furan rings is 1. The number of nitrogens with one attached hydrogen (secondary N) is 2. The molecule has 1 aliphatic rings. The van der Waals surface area contributed by atoms with Gasteiger partial charge in [-0.1, -0.05) is 54.1 Å². The van der Waals surface area contributed by atoms with Gasteiger partial charge in [0.15, 0.2) is 5.72 Å². The van der Waals surface area contributed by atoms with E-state index < -0.39 is 35.7 Å². The molecule has 2 aromatic carbocycles. The van der Waals surface area contributed by atoms with Crippen molar-refractivity contribution in [1.29, 1.82) is 0 Å². The summed E-state index contributed by atoms with van der Waals surface area (Å²) >= 11 is 6.16. The van der Waals surface area contributed by atoms with E-state index in [0.29, 0.717) is 10.6 Å². The van der Waals surface area contributed by atoms with Crippen LogP contribution in [0.1, 0.15) is 17.4 Å². The van der Waals surface area contributed by atoms with Crippen molar-refractivity contribution < 1.29 is 32.3 Å². The second kappa shape index (κ2) is 7.99. The summed E-state index contributed by atoms with van der Waals surface area (Å²) in [4.78, 5) is 24.8. The summed E-state index contributed by atoms with van der Waals surface area (Å²) < 4.78 is 46.4. The molecule has 0 bridgehead atoms. The minimum atomic E-state index is -5.28. The molecule has 3 aromatic rings. The van der Waals surface area contributed by atoms with E-state index in [-0.39, 0.29) is 17.1 Å². The van der Waals surface area contributed by atoms with E-state index in [4.69, 9.17) is 16.0 Å². The van der Waals surface area contributed by atoms with Crippen LogP contribution < -0.4 is 10.6 Å². The predicted molar refractivity (Wildman–Crippen MR) is 108 cm³/mol. The van der Waals surface area contributed by atoms with Crippen LogP contribution in [0, 0.1) is 5.92 Å². The van der Waals surface area contributed by atoms with E-state index in [2.05, 4.69) is 10.6 Å². The number of halogens is 4. The number of alkyl halides is 3. The minimum absolute atomic E-state index is 0.0830. The highest BCUT2D eigenvalue weighted by Crippen LogP contribution is 2.44. The smallest absolute Gasteiger partial charge is 0.450 e. The number of benzene rings is 2. The molecule has 10 heteroatoms. The van der Waals surface area contributed by atoms with E-state index in [1.807, 2.05) is 0 Å². The molecule has 1 aliphatic heterocycles. The number of hydrogen-bond donors (Lipinski definition) is 3. The van der Waals surface area contributed by atoms with Crippen LogP contribution in [0.15, 0.2) is 71.1 Å². The SMILES string of the molecule is O=C1N[C@H](c2ccc(-c3ccccc3Cl)o2)[C@H](C(=O)C(F)(F)F)[C@@](O)(c2ccccc2)N1. The van der Waals surface area contributed by atoms with E-state index >= 15 is 0 Å². The van der Waals surface area contributed by atoms with Gasteiger partial charge in [0.05, 0.1) is 5.02 Å². The van der Waals surface area contributed by atoms with Crippen LogP contribution in [0.2, 0.25) is 5.02 Å². The molecule has 3 atom stereocenters. The van der Waals surface area contributed by atoms with Gasteiger partial charge in [-0.05, 0) is 24.3 Å². The Kier molecular flexibility index (Phi) is 5.47. The summed E-state index contributed by atoms with van der Waals surface area (Å²) in [5, 5.41) is 16.0. The molecule has 32 heavy (non-hydrogen) atoms. The number of carbonyl (C=O) groups is 2. The van der Waals surface area contributed by atoms with Crippen LogP contribution in [0.4, 0.5) is 18.0 Å². The molecule has 1 aromatic heterocycles. The number of Topliss-reactive ketones (excluding diaryl/α,β-unsaturated/α-hetero) is 1. The molecule has 0 unspecified atom stereocenters. The Hall–Kier alpha value is -3.30. The number of hydrogen-bond acceptors (Lipinski definition) is 4. The lowest BCUT2D eigenvalue weighted by Gasteiger charge is -2.44. The number of urea groups is 1. The number of carbonyl (C=O) groups excluding carboxylic acids is 2. The third-order valence-electron chi connectivity index (χ3n) is 5.22. The van der Waals surface area contributed by atoms with Crippen LogP contribution in [-0.4, -0.2) is 23.1 Å². The molecular formula is C22H16ClF3N2O4. The topological polar surface area (TPSA) is 91.6 Å². The van der Waals surface area contributed by atoms with Crippen LogP contribution in [0.25, 0.3) is 11.3 Å². The van der Waals surface area contributed by atoms with Crippen molar-refractivity contribution >= 4 is 23.4 Å². The molecule has 1 saturated heterocycles. The quantitative estimate of drug-likeness (QED) is 0.528. The Morgan fingerprint density at radius 1 is 1.03 bits per heavy atom. The number of ketones is 1. The van der Waals surface area contributed by atoms with Crippen LogP contribution in [0.5, 0.6) is 0 Å². The summed E-state index contributed by atoms with van der Waals surface area (Å²) in [7, 11) is 0. The van der Waals surface area contributed by atoms with E-state index in [0.717, 1.165) is 0 Å². The van der Waals surface area contributed by atoms with Crippen molar-refractivity contribution in [1.82, 2.24) is 10.6 Å². The molecular weight excluding hydrogens is 449 g/mol. The summed E-state index contributed by atoms with van der Waals surface area (Å²) in [6, 6.07) is 14.0. The largest absolute Gasteiger partial charge is 0.459 e. The third-order valence-corrected chi connectivity index (χ3v) is 5.55. The zero-order chi connectivity index (χ0) is 23.1. The van der Waals surface area contributed by atoms with E-state index in [1.165, 1.54) is 36.4 Å². The fraction of sp³-hybridized carbons (Fsp3) is 0.182. The van der Waals surface area contributed by atoms with Crippen molar-refractivity contribution in [2.24, 2.45) is 5.92 Å². The first-order valence-corrected chi connectivity index (χ1v) is 9.81. The number of aliphatic hydroxyl groups is 1. The average Bonchev–Trinajstić information content (AvgIpc) is 3.23. The maximum Gasteiger partial charge on any atom is 0.450 e. The molecule has 1 fully saturated rings. The molecule has 3 N–H and O–H groups in total. The average molecular weight is 465 g/mol. The highest BCUT2D eigenvalue weighted by atomic mass is 35.5.